The smallest absolute Gasteiger partial charge is 0.251 e. The minimum absolute atomic E-state index is 0. The van der Waals surface area contributed by atoms with Crippen molar-refractivity contribution in [3.8, 4) is 0 Å². The first kappa shape index (κ1) is 26.3. The zero-order chi connectivity index (χ0) is 19.8. The number of carbonyl (C=O) groups is 1. The molecule has 3 N–H and O–H groups in total. The van der Waals surface area contributed by atoms with Gasteiger partial charge in [-0.05, 0) is 87.8 Å². The molecule has 6 heteroatoms. The predicted octanol–water partition coefficient (Wildman–Crippen LogP) is 4.89. The summed E-state index contributed by atoms with van der Waals surface area (Å²) in [6, 6.07) is 16.3. The summed E-state index contributed by atoms with van der Waals surface area (Å²) >= 11 is 0. The molecule has 0 radical (unpaired) electrons. The summed E-state index contributed by atoms with van der Waals surface area (Å²) in [5, 5.41) is 3.03. The Morgan fingerprint density at radius 3 is 2.47 bits per heavy atom. The second kappa shape index (κ2) is 13.5. The van der Waals surface area contributed by atoms with Gasteiger partial charge < -0.3 is 16.0 Å². The molecule has 1 heterocycles. The van der Waals surface area contributed by atoms with E-state index in [4.69, 9.17) is 5.73 Å². The molecule has 0 bridgehead atoms. The van der Waals surface area contributed by atoms with Gasteiger partial charge in [0.05, 0.1) is 0 Å². The average molecular weight is 452 g/mol. The van der Waals surface area contributed by atoms with E-state index in [1.807, 2.05) is 19.1 Å². The standard InChI is InChI=1S/C24H33N3O.2ClH/c1-19-9-10-22(25)18-23(19)24(28)26-13-5-6-14-27-15-11-21(12-16-27)17-20-7-3-2-4-8-20;;/h2-4,7-10,18,21H,5-6,11-17,25H2,1H3,(H,26,28);2*1H. The SMILES string of the molecule is Cc1ccc(N)cc1C(=O)NCCCCN1CCC(Cc2ccccc2)CC1.Cl.Cl. The molecular weight excluding hydrogens is 417 g/mol. The van der Waals surface area contributed by atoms with Crippen molar-refractivity contribution in [1.82, 2.24) is 10.2 Å². The van der Waals surface area contributed by atoms with Gasteiger partial charge in [0.25, 0.3) is 5.91 Å². The second-order valence-corrected chi connectivity index (χ2v) is 8.01. The Bertz CT molecular complexity index is 762. The average Bonchev–Trinajstić information content (AvgIpc) is 2.71. The molecule has 166 valence electrons. The highest BCUT2D eigenvalue weighted by atomic mass is 35.5. The molecule has 1 fully saturated rings. The molecule has 2 aromatic rings. The van der Waals surface area contributed by atoms with Gasteiger partial charge >= 0.3 is 0 Å². The van der Waals surface area contributed by atoms with E-state index in [2.05, 4.69) is 40.5 Å². The molecular formula is C24H35Cl2N3O. The Kier molecular flexibility index (Phi) is 11.9. The number of aryl methyl sites for hydroxylation is 1. The van der Waals surface area contributed by atoms with Crippen molar-refractivity contribution in [2.24, 2.45) is 5.92 Å². The number of hydrogen-bond acceptors (Lipinski definition) is 3. The summed E-state index contributed by atoms with van der Waals surface area (Å²) in [6.07, 6.45) is 5.93. The van der Waals surface area contributed by atoms with Gasteiger partial charge in [-0.2, -0.15) is 0 Å². The number of nitrogens with one attached hydrogen (secondary N) is 1. The molecule has 30 heavy (non-hydrogen) atoms. The topological polar surface area (TPSA) is 58.4 Å². The minimum atomic E-state index is -0.0217. The van der Waals surface area contributed by atoms with Gasteiger partial charge in [0.1, 0.15) is 0 Å². The third kappa shape index (κ3) is 8.17. The highest BCUT2D eigenvalue weighted by molar-refractivity contribution is 5.96. The molecule has 0 saturated carbocycles. The Labute approximate surface area is 193 Å². The fourth-order valence-corrected chi connectivity index (χ4v) is 4.00. The van der Waals surface area contributed by atoms with Crippen LogP contribution in [0.3, 0.4) is 0 Å². The Balaban J connectivity index is 0.00000225. The van der Waals surface area contributed by atoms with Crippen LogP contribution in [0.1, 0.15) is 47.2 Å². The van der Waals surface area contributed by atoms with Crippen LogP contribution in [0.4, 0.5) is 5.69 Å². The van der Waals surface area contributed by atoms with Gasteiger partial charge in [-0.25, -0.2) is 0 Å². The number of likely N-dealkylation sites (tertiary alicyclic amines) is 1. The summed E-state index contributed by atoms with van der Waals surface area (Å²) < 4.78 is 0. The summed E-state index contributed by atoms with van der Waals surface area (Å²) in [5.74, 6) is 0.797. The quantitative estimate of drug-likeness (QED) is 0.443. The van der Waals surface area contributed by atoms with E-state index in [9.17, 15) is 4.79 Å². The summed E-state index contributed by atoms with van der Waals surface area (Å²) in [4.78, 5) is 14.9. The van der Waals surface area contributed by atoms with Crippen LogP contribution in [-0.4, -0.2) is 37.0 Å². The number of halogens is 2. The number of unbranched alkanes of at least 4 members (excludes halogenated alkanes) is 1. The van der Waals surface area contributed by atoms with Gasteiger partial charge in [-0.15, -0.1) is 24.8 Å². The van der Waals surface area contributed by atoms with E-state index in [0.717, 1.165) is 37.4 Å². The molecule has 4 nitrogen and oxygen atoms in total. The van der Waals surface area contributed by atoms with Crippen LogP contribution in [0, 0.1) is 12.8 Å². The molecule has 3 rings (SSSR count). The van der Waals surface area contributed by atoms with Crippen molar-refractivity contribution in [3.63, 3.8) is 0 Å². The van der Waals surface area contributed by atoms with Gasteiger partial charge in [0.15, 0.2) is 0 Å². The zero-order valence-corrected chi connectivity index (χ0v) is 19.4. The first-order valence-electron chi connectivity index (χ1n) is 10.5. The molecule has 2 aromatic carbocycles. The lowest BCUT2D eigenvalue weighted by Crippen LogP contribution is -2.35. The van der Waals surface area contributed by atoms with Gasteiger partial charge in [0.2, 0.25) is 0 Å². The number of piperidine rings is 1. The maximum Gasteiger partial charge on any atom is 0.251 e. The maximum atomic E-state index is 12.3. The Morgan fingerprint density at radius 1 is 1.07 bits per heavy atom. The highest BCUT2D eigenvalue weighted by Gasteiger charge is 2.19. The van der Waals surface area contributed by atoms with Crippen LogP contribution < -0.4 is 11.1 Å². The zero-order valence-electron chi connectivity index (χ0n) is 17.8. The van der Waals surface area contributed by atoms with Crippen LogP contribution in [-0.2, 0) is 6.42 Å². The summed E-state index contributed by atoms with van der Waals surface area (Å²) in [5.41, 5.74) is 9.53. The number of amides is 1. The fraction of sp³-hybridized carbons (Fsp3) is 0.458. The van der Waals surface area contributed by atoms with Crippen molar-refractivity contribution in [2.75, 3.05) is 31.9 Å². The fourth-order valence-electron chi connectivity index (χ4n) is 4.00. The number of nitrogens with zero attached hydrogens (tertiary/aromatic N) is 1. The van der Waals surface area contributed by atoms with Crippen LogP contribution in [0.15, 0.2) is 48.5 Å². The number of benzene rings is 2. The van der Waals surface area contributed by atoms with Crippen molar-refractivity contribution in [2.45, 2.75) is 39.0 Å². The highest BCUT2D eigenvalue weighted by Crippen LogP contribution is 2.21. The van der Waals surface area contributed by atoms with Crippen LogP contribution >= 0.6 is 24.8 Å². The number of nitrogens with two attached hydrogens (primary N) is 1. The van der Waals surface area contributed by atoms with Gasteiger partial charge in [-0.1, -0.05) is 36.4 Å². The molecule has 1 aliphatic heterocycles. The monoisotopic (exact) mass is 451 g/mol. The number of carbonyl (C=O) groups excluding carboxylic acids is 1. The van der Waals surface area contributed by atoms with E-state index in [0.29, 0.717) is 11.3 Å². The minimum Gasteiger partial charge on any atom is -0.399 e. The Hall–Kier alpha value is -1.75. The number of hydrogen-bond donors (Lipinski definition) is 2. The van der Waals surface area contributed by atoms with E-state index in [-0.39, 0.29) is 30.7 Å². The lowest BCUT2D eigenvalue weighted by atomic mass is 9.90. The van der Waals surface area contributed by atoms with Crippen molar-refractivity contribution >= 4 is 36.4 Å². The second-order valence-electron chi connectivity index (χ2n) is 8.01. The van der Waals surface area contributed by atoms with E-state index >= 15 is 0 Å². The lowest BCUT2D eigenvalue weighted by Gasteiger charge is -2.32. The van der Waals surface area contributed by atoms with Crippen molar-refractivity contribution < 1.29 is 4.79 Å². The maximum absolute atomic E-state index is 12.3. The normalized spacial score (nSPS) is 14.4. The van der Waals surface area contributed by atoms with Gasteiger partial charge in [0, 0.05) is 17.8 Å². The molecule has 0 aliphatic carbocycles. The molecule has 0 spiro atoms. The van der Waals surface area contributed by atoms with Gasteiger partial charge in [-0.3, -0.25) is 4.79 Å². The number of anilines is 1. The Morgan fingerprint density at radius 2 is 1.77 bits per heavy atom. The van der Waals surface area contributed by atoms with Crippen molar-refractivity contribution in [1.29, 1.82) is 0 Å². The molecule has 0 aromatic heterocycles. The van der Waals surface area contributed by atoms with Crippen LogP contribution in [0.25, 0.3) is 0 Å². The summed E-state index contributed by atoms with van der Waals surface area (Å²) in [7, 11) is 0. The lowest BCUT2D eigenvalue weighted by molar-refractivity contribution is 0.0951. The van der Waals surface area contributed by atoms with Crippen LogP contribution in [0.5, 0.6) is 0 Å². The number of nitrogen functional groups attached to an aromatic ring is 1. The third-order valence-corrected chi connectivity index (χ3v) is 5.77. The first-order chi connectivity index (χ1) is 13.6. The first-order valence-corrected chi connectivity index (χ1v) is 10.5. The van der Waals surface area contributed by atoms with E-state index in [1.165, 1.54) is 37.9 Å². The van der Waals surface area contributed by atoms with Crippen molar-refractivity contribution in [3.05, 3.63) is 65.2 Å². The molecule has 0 unspecified atom stereocenters. The summed E-state index contributed by atoms with van der Waals surface area (Å²) in [6.45, 7) is 6.19. The largest absolute Gasteiger partial charge is 0.399 e. The third-order valence-electron chi connectivity index (χ3n) is 5.77. The predicted molar refractivity (Wildman–Crippen MR) is 131 cm³/mol. The molecule has 1 aliphatic rings. The van der Waals surface area contributed by atoms with Crippen LogP contribution in [0.2, 0.25) is 0 Å². The number of rotatable bonds is 8. The molecule has 1 saturated heterocycles. The van der Waals surface area contributed by atoms with E-state index < -0.39 is 0 Å². The molecule has 0 atom stereocenters. The van der Waals surface area contributed by atoms with E-state index in [1.54, 1.807) is 6.07 Å². The molecule has 1 amide bonds.